The summed E-state index contributed by atoms with van der Waals surface area (Å²) in [7, 11) is 0. The van der Waals surface area contributed by atoms with Crippen LogP contribution in [-0.4, -0.2) is 5.11 Å². The molecule has 2 aromatic rings. The van der Waals surface area contributed by atoms with Gasteiger partial charge in [-0.25, -0.2) is 0 Å². The maximum absolute atomic E-state index is 10.1. The molecule has 0 aliphatic rings. The number of hydrogen-bond donors (Lipinski definition) is 1. The van der Waals surface area contributed by atoms with Gasteiger partial charge in [-0.05, 0) is 11.1 Å². The summed E-state index contributed by atoms with van der Waals surface area (Å²) in [4.78, 5) is 0. The normalized spacial score (nSPS) is 9.88. The Morgan fingerprint density at radius 1 is 0.882 bits per heavy atom. The van der Waals surface area contributed by atoms with Gasteiger partial charge in [-0.15, -0.1) is 0 Å². The summed E-state index contributed by atoms with van der Waals surface area (Å²) < 4.78 is 0. The zero-order chi connectivity index (χ0) is 12.3. The maximum atomic E-state index is 10.1. The Hall–Kier alpha value is -2.28. The van der Waals surface area contributed by atoms with Gasteiger partial charge in [0.15, 0.2) is 0 Å². The van der Waals surface area contributed by atoms with Gasteiger partial charge in [-0.2, -0.15) is 0 Å². The Balaban J connectivity index is 2.68. The molecule has 17 heavy (non-hydrogen) atoms. The van der Waals surface area contributed by atoms with Crippen molar-refractivity contribution in [1.29, 1.82) is 0 Å². The predicted octanol–water partition coefficient (Wildman–Crippen LogP) is 4.35. The van der Waals surface area contributed by atoms with Crippen molar-refractivity contribution >= 4 is 12.2 Å². The lowest BCUT2D eigenvalue weighted by Gasteiger charge is -2.10. The molecule has 0 atom stereocenters. The molecule has 0 aromatic heterocycles. The molecule has 2 rings (SSSR count). The van der Waals surface area contributed by atoms with Crippen LogP contribution < -0.4 is 0 Å². The second kappa shape index (κ2) is 4.71. The minimum atomic E-state index is 0.233. The van der Waals surface area contributed by atoms with Crippen molar-refractivity contribution in [3.63, 3.8) is 0 Å². The van der Waals surface area contributed by atoms with Crippen molar-refractivity contribution in [3.05, 3.63) is 66.7 Å². The van der Waals surface area contributed by atoms with E-state index in [1.165, 1.54) is 0 Å². The molecule has 0 spiro atoms. The number of benzene rings is 2. The highest BCUT2D eigenvalue weighted by Gasteiger charge is 2.09. The van der Waals surface area contributed by atoms with Gasteiger partial charge in [0, 0.05) is 11.1 Å². The Morgan fingerprint density at radius 2 is 1.59 bits per heavy atom. The van der Waals surface area contributed by atoms with Gasteiger partial charge >= 0.3 is 0 Å². The Morgan fingerprint density at radius 3 is 2.18 bits per heavy atom. The fraction of sp³-hybridized carbons (Fsp3) is 0. The number of aromatic hydroxyl groups is 1. The minimum Gasteiger partial charge on any atom is -0.507 e. The van der Waals surface area contributed by atoms with Crippen LogP contribution in [0.4, 0.5) is 0 Å². The molecule has 0 aliphatic heterocycles. The Bertz CT molecular complexity index is 553. The van der Waals surface area contributed by atoms with E-state index < -0.39 is 0 Å². The lowest BCUT2D eigenvalue weighted by molar-refractivity contribution is 0.473. The quantitative estimate of drug-likeness (QED) is 0.818. The molecular weight excluding hydrogens is 208 g/mol. The van der Waals surface area contributed by atoms with E-state index in [0.717, 1.165) is 22.3 Å². The van der Waals surface area contributed by atoms with Crippen LogP contribution in [0.25, 0.3) is 23.3 Å². The van der Waals surface area contributed by atoms with E-state index in [2.05, 4.69) is 13.2 Å². The third-order valence-corrected chi connectivity index (χ3v) is 2.76. The number of phenolic OH excluding ortho intramolecular Hbond substituents is 1. The van der Waals surface area contributed by atoms with Gasteiger partial charge in [-0.3, -0.25) is 0 Å². The fourth-order valence-corrected chi connectivity index (χ4v) is 1.87. The number of rotatable bonds is 3. The lowest BCUT2D eigenvalue weighted by atomic mass is 9.96. The summed E-state index contributed by atoms with van der Waals surface area (Å²) in [5, 5.41) is 10.1. The van der Waals surface area contributed by atoms with Gasteiger partial charge in [0.1, 0.15) is 5.75 Å². The molecule has 1 nitrogen and oxygen atoms in total. The number of hydrogen-bond acceptors (Lipinski definition) is 1. The molecule has 1 heteroatoms. The summed E-state index contributed by atoms with van der Waals surface area (Å²) in [6.07, 6.45) is 3.31. The average molecular weight is 222 g/mol. The topological polar surface area (TPSA) is 20.2 Å². The molecule has 0 saturated heterocycles. The van der Waals surface area contributed by atoms with Crippen LogP contribution in [0.5, 0.6) is 5.75 Å². The molecular formula is C16H14O. The van der Waals surface area contributed by atoms with Crippen LogP contribution in [0.15, 0.2) is 55.6 Å². The van der Waals surface area contributed by atoms with Crippen LogP contribution in [-0.2, 0) is 0 Å². The van der Waals surface area contributed by atoms with Crippen LogP contribution >= 0.6 is 0 Å². The Kier molecular flexibility index (Phi) is 3.10. The van der Waals surface area contributed by atoms with Gasteiger partial charge in [0.05, 0.1) is 0 Å². The van der Waals surface area contributed by atoms with E-state index in [9.17, 15) is 5.11 Å². The summed E-state index contributed by atoms with van der Waals surface area (Å²) in [5.74, 6) is 0.233. The van der Waals surface area contributed by atoms with Crippen molar-refractivity contribution < 1.29 is 5.11 Å². The first kappa shape index (κ1) is 11.2. The van der Waals surface area contributed by atoms with Crippen molar-refractivity contribution in [3.8, 4) is 16.9 Å². The highest BCUT2D eigenvalue weighted by molar-refractivity contribution is 5.81. The first-order chi connectivity index (χ1) is 8.27. The van der Waals surface area contributed by atoms with E-state index in [1.54, 1.807) is 12.2 Å². The largest absolute Gasteiger partial charge is 0.507 e. The van der Waals surface area contributed by atoms with Crippen LogP contribution in [0.3, 0.4) is 0 Å². The van der Waals surface area contributed by atoms with Crippen LogP contribution in [0, 0.1) is 0 Å². The molecule has 1 N–H and O–H groups in total. The van der Waals surface area contributed by atoms with Crippen molar-refractivity contribution in [2.75, 3.05) is 0 Å². The third kappa shape index (κ3) is 2.00. The second-order valence-corrected chi connectivity index (χ2v) is 3.74. The average Bonchev–Trinajstić information content (AvgIpc) is 2.39. The van der Waals surface area contributed by atoms with E-state index in [-0.39, 0.29) is 5.75 Å². The van der Waals surface area contributed by atoms with Crippen LogP contribution in [0.1, 0.15) is 11.1 Å². The first-order valence-corrected chi connectivity index (χ1v) is 5.44. The van der Waals surface area contributed by atoms with Gasteiger partial charge in [0.25, 0.3) is 0 Å². The molecule has 84 valence electrons. The summed E-state index contributed by atoms with van der Waals surface area (Å²) in [6.45, 7) is 7.43. The monoisotopic (exact) mass is 222 g/mol. The first-order valence-electron chi connectivity index (χ1n) is 5.44. The zero-order valence-electron chi connectivity index (χ0n) is 9.56. The lowest BCUT2D eigenvalue weighted by Crippen LogP contribution is -1.86. The molecule has 0 amide bonds. The van der Waals surface area contributed by atoms with Crippen molar-refractivity contribution in [1.82, 2.24) is 0 Å². The molecule has 2 aromatic carbocycles. The molecule has 0 saturated carbocycles. The maximum Gasteiger partial charge on any atom is 0.130 e. The van der Waals surface area contributed by atoms with E-state index in [1.807, 2.05) is 42.5 Å². The third-order valence-electron chi connectivity index (χ3n) is 2.76. The minimum absolute atomic E-state index is 0.233. The van der Waals surface area contributed by atoms with Crippen LogP contribution in [0.2, 0.25) is 0 Å². The van der Waals surface area contributed by atoms with Gasteiger partial charge in [0.2, 0.25) is 0 Å². The van der Waals surface area contributed by atoms with Gasteiger partial charge < -0.3 is 5.11 Å². The molecule has 0 aliphatic carbocycles. The van der Waals surface area contributed by atoms with E-state index in [4.69, 9.17) is 0 Å². The van der Waals surface area contributed by atoms with E-state index in [0.29, 0.717) is 0 Å². The SMILES string of the molecule is C=Cc1ccc(-c2ccccc2)c(C=C)c1O. The summed E-state index contributed by atoms with van der Waals surface area (Å²) >= 11 is 0. The van der Waals surface area contributed by atoms with Crippen molar-refractivity contribution in [2.45, 2.75) is 0 Å². The fourth-order valence-electron chi connectivity index (χ4n) is 1.87. The number of phenols is 1. The molecule has 0 heterocycles. The highest BCUT2D eigenvalue weighted by atomic mass is 16.3. The Labute approximate surface area is 101 Å². The van der Waals surface area contributed by atoms with E-state index >= 15 is 0 Å². The summed E-state index contributed by atoms with van der Waals surface area (Å²) in [5.41, 5.74) is 3.50. The zero-order valence-corrected chi connectivity index (χ0v) is 9.56. The molecule has 0 radical (unpaired) electrons. The standard InChI is InChI=1S/C16H14O/c1-3-12-10-11-15(14(4-2)16(12)17)13-8-6-5-7-9-13/h3-11,17H,1-2H2. The van der Waals surface area contributed by atoms with Gasteiger partial charge in [-0.1, -0.05) is 67.8 Å². The smallest absolute Gasteiger partial charge is 0.130 e. The predicted molar refractivity (Wildman–Crippen MR) is 73.7 cm³/mol. The molecule has 0 unspecified atom stereocenters. The van der Waals surface area contributed by atoms with Crippen molar-refractivity contribution in [2.24, 2.45) is 0 Å². The highest BCUT2D eigenvalue weighted by Crippen LogP contribution is 2.34. The molecule has 0 bridgehead atoms. The summed E-state index contributed by atoms with van der Waals surface area (Å²) in [6, 6.07) is 13.8. The molecule has 0 fully saturated rings. The second-order valence-electron chi connectivity index (χ2n) is 3.74.